The second-order valence-electron chi connectivity index (χ2n) is 13.4. The summed E-state index contributed by atoms with van der Waals surface area (Å²) in [6, 6.07) is 20.7. The standard InChI is InChI=1S/C42H44F6N4O3/c1-55-36-20-16-29(17-21-36)37-38(30-14-18-35(53)19-15-30)52(39(51-37)32-24-33(41(43,44)45)26-34(25-32)42(46,47)48)27-28-10-12-31(13-11-28)40(54)50-23-9-7-5-3-2-4-6-8-22-49/h10-21,24-26,53H,2-9,22-23,27,49H2,1H3,(H,50,54). The molecular weight excluding hydrogens is 722 g/mol. The van der Waals surface area contributed by atoms with Crippen molar-refractivity contribution in [1.82, 2.24) is 14.9 Å². The number of nitrogens with one attached hydrogen (secondary N) is 1. The number of halogens is 6. The summed E-state index contributed by atoms with van der Waals surface area (Å²) in [5.74, 6) is 0.0718. The minimum atomic E-state index is -5.08. The maximum Gasteiger partial charge on any atom is 0.416 e. The number of hydrogen-bond donors (Lipinski definition) is 3. The first-order valence-electron chi connectivity index (χ1n) is 18.2. The van der Waals surface area contributed by atoms with E-state index in [4.69, 9.17) is 15.5 Å². The lowest BCUT2D eigenvalue weighted by atomic mass is 10.0. The highest BCUT2D eigenvalue weighted by Crippen LogP contribution is 2.42. The zero-order valence-electron chi connectivity index (χ0n) is 30.4. The van der Waals surface area contributed by atoms with Gasteiger partial charge in [0.15, 0.2) is 0 Å². The molecule has 1 heterocycles. The van der Waals surface area contributed by atoms with Crippen molar-refractivity contribution in [3.8, 4) is 45.4 Å². The number of imidazole rings is 1. The van der Waals surface area contributed by atoms with Gasteiger partial charge in [0.05, 0.1) is 29.6 Å². The minimum absolute atomic E-state index is 0.0413. The van der Waals surface area contributed by atoms with Crippen LogP contribution in [0.4, 0.5) is 26.3 Å². The fraction of sp³-hybridized carbons (Fsp3) is 0.333. The normalized spacial score (nSPS) is 11.9. The molecule has 55 heavy (non-hydrogen) atoms. The molecule has 1 aromatic heterocycles. The Hall–Kier alpha value is -5.30. The van der Waals surface area contributed by atoms with Gasteiger partial charge >= 0.3 is 12.4 Å². The maximum atomic E-state index is 14.1. The Morgan fingerprint density at radius 3 is 1.82 bits per heavy atom. The van der Waals surface area contributed by atoms with E-state index in [0.717, 1.165) is 45.1 Å². The lowest BCUT2D eigenvalue weighted by Crippen LogP contribution is -2.24. The number of aromatic hydroxyl groups is 1. The number of phenolic OH excluding ortho intramolecular Hbond substituents is 1. The van der Waals surface area contributed by atoms with Crippen LogP contribution in [0.1, 0.15) is 78.4 Å². The van der Waals surface area contributed by atoms with E-state index < -0.39 is 29.0 Å². The van der Waals surface area contributed by atoms with E-state index in [-0.39, 0.29) is 35.8 Å². The number of carbonyl (C=O) groups is 1. The van der Waals surface area contributed by atoms with E-state index >= 15 is 0 Å². The summed E-state index contributed by atoms with van der Waals surface area (Å²) in [6.45, 7) is 1.20. The number of carbonyl (C=O) groups excluding carboxylic acids is 1. The van der Waals surface area contributed by atoms with Crippen molar-refractivity contribution < 1.29 is 41.0 Å². The van der Waals surface area contributed by atoms with Gasteiger partial charge < -0.3 is 25.5 Å². The monoisotopic (exact) mass is 766 g/mol. The van der Waals surface area contributed by atoms with E-state index in [9.17, 15) is 36.2 Å². The third-order valence-corrected chi connectivity index (χ3v) is 9.29. The van der Waals surface area contributed by atoms with Crippen molar-refractivity contribution in [2.24, 2.45) is 5.73 Å². The summed E-state index contributed by atoms with van der Waals surface area (Å²) in [5, 5.41) is 13.0. The maximum absolute atomic E-state index is 14.1. The molecular formula is C42H44F6N4O3. The van der Waals surface area contributed by atoms with Gasteiger partial charge in [-0.3, -0.25) is 4.79 Å². The Labute approximate surface area is 316 Å². The molecule has 0 aliphatic carbocycles. The van der Waals surface area contributed by atoms with E-state index in [1.165, 1.54) is 32.1 Å². The molecule has 0 radical (unpaired) electrons. The average molecular weight is 767 g/mol. The highest BCUT2D eigenvalue weighted by Gasteiger charge is 2.38. The highest BCUT2D eigenvalue weighted by atomic mass is 19.4. The number of benzene rings is 4. The fourth-order valence-electron chi connectivity index (χ4n) is 6.35. The number of alkyl halides is 6. The Bertz CT molecular complexity index is 1970. The van der Waals surface area contributed by atoms with Crippen LogP contribution < -0.4 is 15.8 Å². The molecule has 0 spiro atoms. The minimum Gasteiger partial charge on any atom is -0.508 e. The molecule has 0 fully saturated rings. The predicted octanol–water partition coefficient (Wildman–Crippen LogP) is 10.5. The average Bonchev–Trinajstić information content (AvgIpc) is 3.54. The zero-order chi connectivity index (χ0) is 39.6. The van der Waals surface area contributed by atoms with E-state index in [1.54, 1.807) is 65.2 Å². The zero-order valence-corrected chi connectivity index (χ0v) is 30.4. The molecule has 4 N–H and O–H groups in total. The quantitative estimate of drug-likeness (QED) is 0.0646. The number of aromatic nitrogens is 2. The molecule has 7 nitrogen and oxygen atoms in total. The third-order valence-electron chi connectivity index (χ3n) is 9.29. The SMILES string of the molecule is COc1ccc(-c2nc(-c3cc(C(F)(F)F)cc(C(F)(F)F)c3)n(Cc3ccc(C(=O)NCCCCCCCCCCN)cc3)c2-c2ccc(O)cc2)cc1. The van der Waals surface area contributed by atoms with Crippen LogP contribution in [0.2, 0.25) is 0 Å². The number of unbranched alkanes of at least 4 members (excludes halogenated alkanes) is 7. The molecule has 1 amide bonds. The largest absolute Gasteiger partial charge is 0.508 e. The van der Waals surface area contributed by atoms with Gasteiger partial charge in [-0.25, -0.2) is 4.98 Å². The van der Waals surface area contributed by atoms with Crippen molar-refractivity contribution in [3.63, 3.8) is 0 Å². The fourth-order valence-corrected chi connectivity index (χ4v) is 6.35. The second-order valence-corrected chi connectivity index (χ2v) is 13.4. The van der Waals surface area contributed by atoms with Crippen LogP contribution in [-0.2, 0) is 18.9 Å². The Balaban J connectivity index is 1.50. The van der Waals surface area contributed by atoms with Crippen LogP contribution in [0.15, 0.2) is 91.0 Å². The van der Waals surface area contributed by atoms with E-state index in [1.807, 2.05) is 0 Å². The first-order chi connectivity index (χ1) is 26.3. The van der Waals surface area contributed by atoms with Crippen LogP contribution in [0.5, 0.6) is 11.5 Å². The summed E-state index contributed by atoms with van der Waals surface area (Å²) in [4.78, 5) is 17.7. The predicted molar refractivity (Wildman–Crippen MR) is 201 cm³/mol. The van der Waals surface area contributed by atoms with Crippen LogP contribution >= 0.6 is 0 Å². The number of phenols is 1. The summed E-state index contributed by atoms with van der Waals surface area (Å²) in [6.07, 6.45) is -1.52. The molecule has 0 saturated carbocycles. The summed E-state index contributed by atoms with van der Waals surface area (Å²) in [7, 11) is 1.49. The van der Waals surface area contributed by atoms with E-state index in [2.05, 4.69) is 5.32 Å². The van der Waals surface area contributed by atoms with Gasteiger partial charge in [-0.15, -0.1) is 0 Å². The van der Waals surface area contributed by atoms with Crippen LogP contribution in [-0.4, -0.2) is 40.8 Å². The number of amides is 1. The molecule has 292 valence electrons. The van der Waals surface area contributed by atoms with Crippen LogP contribution in [0.3, 0.4) is 0 Å². The van der Waals surface area contributed by atoms with Gasteiger partial charge in [0.2, 0.25) is 0 Å². The number of hydrogen-bond acceptors (Lipinski definition) is 5. The van der Waals surface area contributed by atoms with Gasteiger partial charge in [0.1, 0.15) is 17.3 Å². The van der Waals surface area contributed by atoms with Crippen molar-refractivity contribution >= 4 is 5.91 Å². The topological polar surface area (TPSA) is 102 Å². The van der Waals surface area contributed by atoms with Crippen LogP contribution in [0, 0.1) is 0 Å². The van der Waals surface area contributed by atoms with Gasteiger partial charge in [-0.05, 0) is 104 Å². The number of ether oxygens (including phenoxy) is 1. The summed E-state index contributed by atoms with van der Waals surface area (Å²) in [5.41, 5.74) is 4.86. The molecule has 0 aliphatic heterocycles. The summed E-state index contributed by atoms with van der Waals surface area (Å²) >= 11 is 0. The van der Waals surface area contributed by atoms with Crippen molar-refractivity contribution in [1.29, 1.82) is 0 Å². The molecule has 4 aromatic carbocycles. The molecule has 0 atom stereocenters. The van der Waals surface area contributed by atoms with Gasteiger partial charge in [-0.1, -0.05) is 50.7 Å². The van der Waals surface area contributed by atoms with Crippen LogP contribution in [0.25, 0.3) is 33.9 Å². The second kappa shape index (κ2) is 18.4. The number of nitrogens with zero attached hydrogens (tertiary/aromatic N) is 2. The molecule has 5 rings (SSSR count). The number of methoxy groups -OCH3 is 1. The number of rotatable bonds is 17. The third kappa shape index (κ3) is 10.9. The van der Waals surface area contributed by atoms with Gasteiger partial charge in [-0.2, -0.15) is 26.3 Å². The van der Waals surface area contributed by atoms with Crippen molar-refractivity contribution in [2.75, 3.05) is 20.2 Å². The Morgan fingerprint density at radius 2 is 1.27 bits per heavy atom. The highest BCUT2D eigenvalue weighted by molar-refractivity contribution is 5.94. The Kier molecular flexibility index (Phi) is 13.6. The first kappa shape index (κ1) is 40.9. The van der Waals surface area contributed by atoms with Crippen molar-refractivity contribution in [2.45, 2.75) is 70.3 Å². The van der Waals surface area contributed by atoms with Gasteiger partial charge in [0.25, 0.3) is 5.91 Å². The molecule has 0 aliphatic rings. The summed E-state index contributed by atoms with van der Waals surface area (Å²) < 4.78 is 91.2. The molecule has 0 bridgehead atoms. The molecule has 0 unspecified atom stereocenters. The lowest BCUT2D eigenvalue weighted by molar-refractivity contribution is -0.143. The van der Waals surface area contributed by atoms with Gasteiger partial charge in [0, 0.05) is 35.3 Å². The molecule has 13 heteroatoms. The van der Waals surface area contributed by atoms with E-state index in [0.29, 0.717) is 52.4 Å². The molecule has 0 saturated heterocycles. The smallest absolute Gasteiger partial charge is 0.416 e. The molecule has 5 aromatic rings. The lowest BCUT2D eigenvalue weighted by Gasteiger charge is -2.17. The Morgan fingerprint density at radius 1 is 0.727 bits per heavy atom. The van der Waals surface area contributed by atoms with Crippen molar-refractivity contribution in [3.05, 3.63) is 113 Å². The first-order valence-corrected chi connectivity index (χ1v) is 18.2. The number of nitrogens with two attached hydrogens (primary N) is 1.